The minimum absolute atomic E-state index is 0.0641. The normalized spacial score (nSPS) is 10.3. The Labute approximate surface area is 117 Å². The van der Waals surface area contributed by atoms with Crippen LogP contribution in [0.3, 0.4) is 0 Å². The van der Waals surface area contributed by atoms with E-state index < -0.39 is 5.82 Å². The molecular formula is C15H16FN3O. The molecule has 2 rings (SSSR count). The Morgan fingerprint density at radius 2 is 2.20 bits per heavy atom. The molecule has 0 radical (unpaired) electrons. The summed E-state index contributed by atoms with van der Waals surface area (Å²) in [5, 5.41) is 13.4. The van der Waals surface area contributed by atoms with Gasteiger partial charge in [0.2, 0.25) is 0 Å². The molecule has 0 fully saturated rings. The van der Waals surface area contributed by atoms with E-state index in [0.717, 1.165) is 24.4 Å². The number of aryl methyl sites for hydroxylation is 2. The molecule has 0 N–H and O–H groups in total. The van der Waals surface area contributed by atoms with Gasteiger partial charge in [-0.2, -0.15) is 10.4 Å². The fraction of sp³-hybridized carbons (Fsp3) is 0.333. The highest BCUT2D eigenvalue weighted by atomic mass is 19.1. The van der Waals surface area contributed by atoms with Crippen LogP contribution < -0.4 is 4.74 Å². The molecule has 104 valence electrons. The summed E-state index contributed by atoms with van der Waals surface area (Å²) in [6, 6.07) is 8.16. The standard InChI is InChI=1S/C15H16FN3O/c1-3-11-8-12(19(4-2)18-11)10-20-15-7-5-6-14(16)13(15)9-17/h5-8H,3-4,10H2,1-2H3. The second-order valence-corrected chi connectivity index (χ2v) is 4.31. The molecule has 0 atom stereocenters. The Morgan fingerprint density at radius 1 is 1.40 bits per heavy atom. The van der Waals surface area contributed by atoms with E-state index in [1.165, 1.54) is 12.1 Å². The smallest absolute Gasteiger partial charge is 0.144 e. The Balaban J connectivity index is 2.19. The molecule has 1 heterocycles. The van der Waals surface area contributed by atoms with Gasteiger partial charge in [-0.3, -0.25) is 4.68 Å². The van der Waals surface area contributed by atoms with Crippen LogP contribution in [0.4, 0.5) is 4.39 Å². The van der Waals surface area contributed by atoms with Crippen molar-refractivity contribution in [1.82, 2.24) is 9.78 Å². The molecule has 1 aromatic carbocycles. The van der Waals surface area contributed by atoms with Gasteiger partial charge in [-0.1, -0.05) is 13.0 Å². The predicted octanol–water partition coefficient (Wildman–Crippen LogP) is 3.06. The van der Waals surface area contributed by atoms with Gasteiger partial charge >= 0.3 is 0 Å². The number of aromatic nitrogens is 2. The summed E-state index contributed by atoms with van der Waals surface area (Å²) in [5.74, 6) is -0.308. The van der Waals surface area contributed by atoms with Gasteiger partial charge in [0.05, 0.1) is 11.4 Å². The van der Waals surface area contributed by atoms with Crippen LogP contribution in [0.25, 0.3) is 0 Å². The number of nitriles is 1. The average molecular weight is 273 g/mol. The minimum Gasteiger partial charge on any atom is -0.486 e. The second kappa shape index (κ2) is 6.20. The minimum atomic E-state index is -0.566. The van der Waals surface area contributed by atoms with Crippen molar-refractivity contribution in [3.8, 4) is 11.8 Å². The zero-order chi connectivity index (χ0) is 14.5. The van der Waals surface area contributed by atoms with Crippen molar-refractivity contribution in [3.05, 3.63) is 47.0 Å². The third-order valence-corrected chi connectivity index (χ3v) is 3.04. The van der Waals surface area contributed by atoms with Gasteiger partial charge in [-0.15, -0.1) is 0 Å². The molecule has 0 spiro atoms. The Morgan fingerprint density at radius 3 is 2.85 bits per heavy atom. The largest absolute Gasteiger partial charge is 0.486 e. The fourth-order valence-electron chi connectivity index (χ4n) is 1.96. The first-order valence-electron chi connectivity index (χ1n) is 6.56. The molecule has 1 aromatic heterocycles. The van der Waals surface area contributed by atoms with Crippen molar-refractivity contribution in [1.29, 1.82) is 5.26 Å². The van der Waals surface area contributed by atoms with E-state index in [1.54, 1.807) is 6.07 Å². The maximum atomic E-state index is 13.5. The first kappa shape index (κ1) is 14.1. The van der Waals surface area contributed by atoms with Crippen molar-refractivity contribution in [3.63, 3.8) is 0 Å². The highest BCUT2D eigenvalue weighted by molar-refractivity contribution is 5.43. The number of halogens is 1. The summed E-state index contributed by atoms with van der Waals surface area (Å²) < 4.78 is 20.9. The molecule has 0 bridgehead atoms. The number of hydrogen-bond acceptors (Lipinski definition) is 3. The first-order chi connectivity index (χ1) is 9.69. The third kappa shape index (κ3) is 2.80. The van der Waals surface area contributed by atoms with Crippen molar-refractivity contribution < 1.29 is 9.13 Å². The Bertz CT molecular complexity index is 643. The Hall–Kier alpha value is -2.35. The maximum absolute atomic E-state index is 13.5. The lowest BCUT2D eigenvalue weighted by Crippen LogP contribution is -2.07. The number of benzene rings is 1. The molecule has 0 saturated carbocycles. The molecule has 0 aliphatic heterocycles. The molecule has 0 saturated heterocycles. The van der Waals surface area contributed by atoms with E-state index in [9.17, 15) is 4.39 Å². The zero-order valence-electron chi connectivity index (χ0n) is 11.6. The fourth-order valence-corrected chi connectivity index (χ4v) is 1.96. The van der Waals surface area contributed by atoms with Gasteiger partial charge in [-0.25, -0.2) is 4.39 Å². The van der Waals surface area contributed by atoms with E-state index in [4.69, 9.17) is 10.00 Å². The van der Waals surface area contributed by atoms with Gasteiger partial charge in [0.1, 0.15) is 29.8 Å². The van der Waals surface area contributed by atoms with Crippen LogP contribution in [-0.4, -0.2) is 9.78 Å². The quantitative estimate of drug-likeness (QED) is 0.841. The topological polar surface area (TPSA) is 50.8 Å². The lowest BCUT2D eigenvalue weighted by atomic mass is 10.2. The van der Waals surface area contributed by atoms with Gasteiger partial charge in [-0.05, 0) is 31.5 Å². The van der Waals surface area contributed by atoms with E-state index in [0.29, 0.717) is 0 Å². The van der Waals surface area contributed by atoms with Gasteiger partial charge < -0.3 is 4.74 Å². The van der Waals surface area contributed by atoms with Crippen LogP contribution >= 0.6 is 0 Å². The van der Waals surface area contributed by atoms with Crippen molar-refractivity contribution in [2.45, 2.75) is 33.4 Å². The molecule has 0 aliphatic rings. The van der Waals surface area contributed by atoms with Crippen LogP contribution in [0.1, 0.15) is 30.8 Å². The first-order valence-corrected chi connectivity index (χ1v) is 6.56. The van der Waals surface area contributed by atoms with Crippen molar-refractivity contribution in [2.24, 2.45) is 0 Å². The Kier molecular flexibility index (Phi) is 4.36. The van der Waals surface area contributed by atoms with Gasteiger partial charge in [0.25, 0.3) is 0 Å². The maximum Gasteiger partial charge on any atom is 0.144 e. The van der Waals surface area contributed by atoms with Gasteiger partial charge in [0.15, 0.2) is 0 Å². The monoisotopic (exact) mass is 273 g/mol. The van der Waals surface area contributed by atoms with Crippen LogP contribution in [0.2, 0.25) is 0 Å². The predicted molar refractivity (Wildman–Crippen MR) is 72.7 cm³/mol. The van der Waals surface area contributed by atoms with E-state index in [1.807, 2.05) is 30.7 Å². The molecular weight excluding hydrogens is 257 g/mol. The van der Waals surface area contributed by atoms with Crippen LogP contribution in [0.15, 0.2) is 24.3 Å². The summed E-state index contributed by atoms with van der Waals surface area (Å²) in [6.07, 6.45) is 0.851. The number of nitrogens with zero attached hydrogens (tertiary/aromatic N) is 3. The lowest BCUT2D eigenvalue weighted by Gasteiger charge is -2.09. The van der Waals surface area contributed by atoms with E-state index >= 15 is 0 Å². The summed E-state index contributed by atoms with van der Waals surface area (Å²) in [7, 11) is 0. The number of hydrogen-bond donors (Lipinski definition) is 0. The van der Waals surface area contributed by atoms with E-state index in [2.05, 4.69) is 5.10 Å². The second-order valence-electron chi connectivity index (χ2n) is 4.31. The summed E-state index contributed by atoms with van der Waals surface area (Å²) in [4.78, 5) is 0. The molecule has 0 unspecified atom stereocenters. The highest BCUT2D eigenvalue weighted by Gasteiger charge is 2.11. The lowest BCUT2D eigenvalue weighted by molar-refractivity contribution is 0.290. The number of rotatable bonds is 5. The van der Waals surface area contributed by atoms with Crippen LogP contribution in [0.5, 0.6) is 5.75 Å². The molecule has 2 aromatic rings. The van der Waals surface area contributed by atoms with Crippen molar-refractivity contribution >= 4 is 0 Å². The molecule has 0 aliphatic carbocycles. The summed E-state index contributed by atoms with van der Waals surface area (Å²) >= 11 is 0. The summed E-state index contributed by atoms with van der Waals surface area (Å²) in [5.41, 5.74) is 1.84. The molecule has 4 nitrogen and oxygen atoms in total. The van der Waals surface area contributed by atoms with Gasteiger partial charge in [0, 0.05) is 6.54 Å². The molecule has 0 amide bonds. The van der Waals surface area contributed by atoms with Crippen LogP contribution in [0, 0.1) is 17.1 Å². The van der Waals surface area contributed by atoms with Crippen LogP contribution in [-0.2, 0) is 19.6 Å². The SMILES string of the molecule is CCc1cc(COc2cccc(F)c2C#N)n(CC)n1. The third-order valence-electron chi connectivity index (χ3n) is 3.04. The molecule has 5 heteroatoms. The van der Waals surface area contributed by atoms with Crippen molar-refractivity contribution in [2.75, 3.05) is 0 Å². The number of ether oxygens (including phenoxy) is 1. The highest BCUT2D eigenvalue weighted by Crippen LogP contribution is 2.21. The summed E-state index contributed by atoms with van der Waals surface area (Å²) in [6.45, 7) is 5.04. The average Bonchev–Trinajstić information content (AvgIpc) is 2.87. The zero-order valence-corrected chi connectivity index (χ0v) is 11.6. The molecule has 20 heavy (non-hydrogen) atoms. The van der Waals surface area contributed by atoms with E-state index in [-0.39, 0.29) is 17.9 Å².